The zero-order chi connectivity index (χ0) is 15.4. The fraction of sp³-hybridized carbons (Fsp3) is 0.0526. The lowest BCUT2D eigenvalue weighted by molar-refractivity contribution is 0.895. The average molecular weight is 370 g/mol. The summed E-state index contributed by atoms with van der Waals surface area (Å²) in [6.45, 7) is 0. The van der Waals surface area contributed by atoms with E-state index in [0.29, 0.717) is 7.28 Å². The van der Waals surface area contributed by atoms with Crippen molar-refractivity contribution < 1.29 is 0 Å². The molecule has 0 aromatic heterocycles. The maximum Gasteiger partial charge on any atom is 0.0722 e. The van der Waals surface area contributed by atoms with Gasteiger partial charge in [-0.3, -0.25) is 0 Å². The first kappa shape index (κ1) is 15.3. The van der Waals surface area contributed by atoms with E-state index in [1.54, 1.807) is 0 Å². The Morgan fingerprint density at radius 3 is 1.45 bits per heavy atom. The molecule has 0 radical (unpaired) electrons. The fourth-order valence-corrected chi connectivity index (χ4v) is 5.66. The molecule has 0 amide bonds. The van der Waals surface area contributed by atoms with Crippen LogP contribution >= 0.6 is 22.8 Å². The topological polar surface area (TPSA) is 26.0 Å². The minimum absolute atomic E-state index is 0.198. The second-order valence-electron chi connectivity index (χ2n) is 5.20. The molecule has 0 aliphatic rings. The van der Waals surface area contributed by atoms with Crippen LogP contribution in [0.2, 0.25) is 0 Å². The van der Waals surface area contributed by atoms with Crippen LogP contribution in [0.4, 0.5) is 5.69 Å². The lowest BCUT2D eigenvalue weighted by atomic mass is 9.84. The summed E-state index contributed by atoms with van der Waals surface area (Å²) in [6, 6.07) is 29.5. The van der Waals surface area contributed by atoms with Gasteiger partial charge in [0.1, 0.15) is 0 Å². The van der Waals surface area contributed by atoms with E-state index in [9.17, 15) is 0 Å². The smallest absolute Gasteiger partial charge is 0.0722 e. The van der Waals surface area contributed by atoms with Gasteiger partial charge < -0.3 is 5.73 Å². The Kier molecular flexibility index (Phi) is 4.61. The highest BCUT2D eigenvalue weighted by Crippen LogP contribution is 2.55. The van der Waals surface area contributed by atoms with Crippen LogP contribution in [0.25, 0.3) is 0 Å². The highest BCUT2D eigenvalue weighted by Gasteiger charge is 2.35. The number of hydrogen-bond donors (Lipinski definition) is 1. The fourth-order valence-electron chi connectivity index (χ4n) is 2.77. The SMILES string of the molecule is Nc1ccc(C(PBr)(c2ccccc2)c2ccccc2)cc1. The first-order valence-corrected chi connectivity index (χ1v) is 10.4. The molecule has 3 aromatic rings. The van der Waals surface area contributed by atoms with Crippen LogP contribution in [0.3, 0.4) is 0 Å². The molecular formula is C19H17BrNP. The van der Waals surface area contributed by atoms with E-state index in [0.717, 1.165) is 5.69 Å². The molecule has 2 N–H and O–H groups in total. The molecule has 0 spiro atoms. The lowest BCUT2D eigenvalue weighted by Gasteiger charge is -2.34. The Morgan fingerprint density at radius 2 is 1.05 bits per heavy atom. The largest absolute Gasteiger partial charge is 0.399 e. The molecule has 3 aromatic carbocycles. The minimum atomic E-state index is -0.198. The summed E-state index contributed by atoms with van der Waals surface area (Å²) in [5, 5.41) is -0.198. The first-order chi connectivity index (χ1) is 10.8. The molecule has 0 saturated carbocycles. The normalized spacial score (nSPS) is 11.9. The van der Waals surface area contributed by atoms with Gasteiger partial charge in [0, 0.05) is 5.69 Å². The molecule has 0 aliphatic carbocycles. The molecule has 1 atom stereocenters. The van der Waals surface area contributed by atoms with Gasteiger partial charge in [-0.2, -0.15) is 0 Å². The summed E-state index contributed by atoms with van der Waals surface area (Å²) >= 11 is 3.80. The predicted molar refractivity (Wildman–Crippen MR) is 101 cm³/mol. The molecule has 1 nitrogen and oxygen atoms in total. The van der Waals surface area contributed by atoms with Gasteiger partial charge in [0.2, 0.25) is 0 Å². The molecule has 22 heavy (non-hydrogen) atoms. The van der Waals surface area contributed by atoms with E-state index in [2.05, 4.69) is 88.3 Å². The van der Waals surface area contributed by atoms with Crippen LogP contribution in [-0.4, -0.2) is 0 Å². The van der Waals surface area contributed by atoms with Crippen molar-refractivity contribution in [2.45, 2.75) is 5.16 Å². The maximum atomic E-state index is 5.88. The Balaban J connectivity index is 2.28. The summed E-state index contributed by atoms with van der Waals surface area (Å²) in [6.07, 6.45) is 0. The van der Waals surface area contributed by atoms with E-state index < -0.39 is 0 Å². The molecule has 110 valence electrons. The molecule has 1 unspecified atom stereocenters. The third-order valence-corrected chi connectivity index (χ3v) is 6.83. The van der Waals surface area contributed by atoms with Crippen LogP contribution < -0.4 is 5.73 Å². The maximum absolute atomic E-state index is 5.88. The van der Waals surface area contributed by atoms with Gasteiger partial charge in [-0.15, -0.1) is 0 Å². The molecule has 3 heteroatoms. The number of halogens is 1. The van der Waals surface area contributed by atoms with Crippen molar-refractivity contribution in [1.29, 1.82) is 0 Å². The van der Waals surface area contributed by atoms with Gasteiger partial charge >= 0.3 is 0 Å². The van der Waals surface area contributed by atoms with Gasteiger partial charge in [-0.05, 0) is 36.1 Å². The van der Waals surface area contributed by atoms with Crippen LogP contribution in [0.5, 0.6) is 0 Å². The number of benzene rings is 3. The van der Waals surface area contributed by atoms with Crippen molar-refractivity contribution in [1.82, 2.24) is 0 Å². The van der Waals surface area contributed by atoms with Crippen molar-refractivity contribution in [3.63, 3.8) is 0 Å². The van der Waals surface area contributed by atoms with Gasteiger partial charge in [0.05, 0.1) is 5.16 Å². The zero-order valence-corrected chi connectivity index (χ0v) is 14.6. The molecule has 0 aliphatic heterocycles. The number of hydrogen-bond acceptors (Lipinski definition) is 1. The van der Waals surface area contributed by atoms with Crippen LogP contribution in [0.15, 0.2) is 84.9 Å². The molecule has 0 bridgehead atoms. The number of nitrogens with two attached hydrogens (primary N) is 1. The van der Waals surface area contributed by atoms with E-state index in [1.807, 2.05) is 12.1 Å². The molecule has 0 saturated heterocycles. The number of rotatable bonds is 4. The average Bonchev–Trinajstić information content (AvgIpc) is 2.59. The van der Waals surface area contributed by atoms with Gasteiger partial charge in [-0.1, -0.05) is 88.3 Å². The third kappa shape index (κ3) is 2.69. The summed E-state index contributed by atoms with van der Waals surface area (Å²) in [5.41, 5.74) is 10.5. The van der Waals surface area contributed by atoms with E-state index in [1.165, 1.54) is 16.7 Å². The highest BCUT2D eigenvalue weighted by atomic mass is 79.9. The number of anilines is 1. The monoisotopic (exact) mass is 369 g/mol. The van der Waals surface area contributed by atoms with Crippen molar-refractivity contribution in [2.24, 2.45) is 0 Å². The molecule has 3 rings (SSSR count). The zero-order valence-electron chi connectivity index (χ0n) is 12.0. The molecule has 0 fully saturated rings. The lowest BCUT2D eigenvalue weighted by Crippen LogP contribution is -2.22. The van der Waals surface area contributed by atoms with Crippen molar-refractivity contribution in [2.75, 3.05) is 5.73 Å². The summed E-state index contributed by atoms with van der Waals surface area (Å²) < 4.78 is 0. The van der Waals surface area contributed by atoms with Crippen LogP contribution in [0.1, 0.15) is 16.7 Å². The van der Waals surface area contributed by atoms with Gasteiger partial charge in [-0.25, -0.2) is 0 Å². The van der Waals surface area contributed by atoms with Gasteiger partial charge in [0.15, 0.2) is 0 Å². The third-order valence-electron chi connectivity index (χ3n) is 3.90. The molecular weight excluding hydrogens is 353 g/mol. The number of nitrogen functional groups attached to an aromatic ring is 1. The Morgan fingerprint density at radius 1 is 0.636 bits per heavy atom. The predicted octanol–water partition coefficient (Wildman–Crippen LogP) is 5.55. The summed E-state index contributed by atoms with van der Waals surface area (Å²) in [7, 11) is 0.520. The second-order valence-corrected chi connectivity index (χ2v) is 7.33. The second kappa shape index (κ2) is 6.64. The van der Waals surface area contributed by atoms with Crippen LogP contribution in [-0.2, 0) is 5.16 Å². The van der Waals surface area contributed by atoms with Gasteiger partial charge in [0.25, 0.3) is 0 Å². The Bertz CT molecular complexity index is 687. The Labute approximate surface area is 141 Å². The van der Waals surface area contributed by atoms with Crippen LogP contribution in [0, 0.1) is 0 Å². The van der Waals surface area contributed by atoms with Crippen molar-refractivity contribution >= 4 is 28.5 Å². The summed E-state index contributed by atoms with van der Waals surface area (Å²) in [4.78, 5) is 0. The van der Waals surface area contributed by atoms with E-state index in [-0.39, 0.29) is 5.16 Å². The minimum Gasteiger partial charge on any atom is -0.399 e. The van der Waals surface area contributed by atoms with E-state index >= 15 is 0 Å². The Hall–Kier alpha value is -1.63. The standard InChI is InChI=1S/C19H17BrNP/c20-22-19(15-7-3-1-4-8-15,16-9-5-2-6-10-16)17-11-13-18(21)14-12-17/h1-14,22H,21H2. The van der Waals surface area contributed by atoms with E-state index in [4.69, 9.17) is 5.73 Å². The summed E-state index contributed by atoms with van der Waals surface area (Å²) in [5.74, 6) is 0. The highest BCUT2D eigenvalue weighted by molar-refractivity contribution is 9.36. The first-order valence-electron chi connectivity index (χ1n) is 7.12. The van der Waals surface area contributed by atoms with Crippen molar-refractivity contribution in [3.05, 3.63) is 102 Å². The quantitative estimate of drug-likeness (QED) is 0.364. The van der Waals surface area contributed by atoms with Crippen molar-refractivity contribution in [3.8, 4) is 0 Å². The molecule has 0 heterocycles.